The second-order valence-electron chi connectivity index (χ2n) is 4.60. The average molecular weight is 299 g/mol. The molecule has 0 N–H and O–H groups in total. The van der Waals surface area contributed by atoms with Crippen molar-refractivity contribution < 1.29 is 9.53 Å². The minimum atomic E-state index is 0.273. The van der Waals surface area contributed by atoms with Gasteiger partial charge in [0.1, 0.15) is 11.5 Å². The van der Waals surface area contributed by atoms with Crippen LogP contribution in [0.25, 0.3) is 0 Å². The Kier molecular flexibility index (Phi) is 5.69. The summed E-state index contributed by atoms with van der Waals surface area (Å²) in [6, 6.07) is 5.75. The topological polar surface area (TPSA) is 26.3 Å². The van der Waals surface area contributed by atoms with Gasteiger partial charge in [-0.25, -0.2) is 0 Å². The van der Waals surface area contributed by atoms with E-state index in [2.05, 4.69) is 29.8 Å². The van der Waals surface area contributed by atoms with Crippen LogP contribution in [0.3, 0.4) is 0 Å². The van der Waals surface area contributed by atoms with Crippen molar-refractivity contribution in [2.24, 2.45) is 5.92 Å². The molecule has 1 aromatic carbocycles. The molecule has 0 unspecified atom stereocenters. The molecule has 0 aliphatic rings. The van der Waals surface area contributed by atoms with Crippen LogP contribution in [0.5, 0.6) is 5.75 Å². The van der Waals surface area contributed by atoms with Crippen LogP contribution in [-0.4, -0.2) is 12.9 Å². The van der Waals surface area contributed by atoms with Crippen molar-refractivity contribution in [3.63, 3.8) is 0 Å². The molecule has 1 rings (SSSR count). The Balaban J connectivity index is 2.66. The number of benzene rings is 1. The molecule has 0 saturated heterocycles. The number of hydrogen-bond acceptors (Lipinski definition) is 2. The zero-order chi connectivity index (χ0) is 12.8. The normalized spacial score (nSPS) is 10.6. The Morgan fingerprint density at radius 2 is 2.12 bits per heavy atom. The Morgan fingerprint density at radius 1 is 1.41 bits per heavy atom. The number of hydrogen-bond donors (Lipinski definition) is 0. The Morgan fingerprint density at radius 3 is 2.71 bits per heavy atom. The van der Waals surface area contributed by atoms with E-state index in [9.17, 15) is 4.79 Å². The van der Waals surface area contributed by atoms with E-state index in [1.165, 1.54) is 0 Å². The van der Waals surface area contributed by atoms with Crippen molar-refractivity contribution in [2.45, 2.75) is 33.1 Å². The standard InChI is InChI=1S/C14H19BrO2/c1-10(2)4-6-13(16)9-11-8-12(15)5-7-14(11)17-3/h5,7-8,10H,4,6,9H2,1-3H3. The molecule has 0 radical (unpaired) electrons. The van der Waals surface area contributed by atoms with Gasteiger partial charge in [0.2, 0.25) is 0 Å². The average Bonchev–Trinajstić information content (AvgIpc) is 2.27. The molecule has 0 fully saturated rings. The molecule has 0 amide bonds. The second-order valence-corrected chi connectivity index (χ2v) is 5.52. The molecular weight excluding hydrogens is 280 g/mol. The van der Waals surface area contributed by atoms with Gasteiger partial charge in [-0.05, 0) is 30.5 Å². The highest BCUT2D eigenvalue weighted by Crippen LogP contribution is 2.24. The van der Waals surface area contributed by atoms with E-state index in [-0.39, 0.29) is 5.78 Å². The van der Waals surface area contributed by atoms with E-state index < -0.39 is 0 Å². The van der Waals surface area contributed by atoms with E-state index in [4.69, 9.17) is 4.74 Å². The van der Waals surface area contributed by atoms with E-state index in [0.717, 1.165) is 22.2 Å². The smallest absolute Gasteiger partial charge is 0.137 e. The summed E-state index contributed by atoms with van der Waals surface area (Å²) < 4.78 is 6.23. The summed E-state index contributed by atoms with van der Waals surface area (Å²) in [5.41, 5.74) is 0.954. The van der Waals surface area contributed by atoms with Crippen LogP contribution in [0.15, 0.2) is 22.7 Å². The lowest BCUT2D eigenvalue weighted by Crippen LogP contribution is -2.05. The van der Waals surface area contributed by atoms with Crippen molar-refractivity contribution in [1.82, 2.24) is 0 Å². The lowest BCUT2D eigenvalue weighted by Gasteiger charge is -2.09. The van der Waals surface area contributed by atoms with Crippen LogP contribution in [0.4, 0.5) is 0 Å². The van der Waals surface area contributed by atoms with Gasteiger partial charge in [-0.1, -0.05) is 29.8 Å². The fourth-order valence-electron chi connectivity index (χ4n) is 1.64. The third-order valence-corrected chi connectivity index (χ3v) is 3.12. The number of ether oxygens (including phenoxy) is 1. The first-order chi connectivity index (χ1) is 8.02. The summed E-state index contributed by atoms with van der Waals surface area (Å²) in [5.74, 6) is 1.63. The van der Waals surface area contributed by atoms with Gasteiger partial charge in [-0.3, -0.25) is 4.79 Å². The molecule has 0 aromatic heterocycles. The molecule has 0 bridgehead atoms. The van der Waals surface area contributed by atoms with Gasteiger partial charge < -0.3 is 4.74 Å². The number of Topliss-reactive ketones (excluding diaryl/α,β-unsaturated/α-hetero) is 1. The lowest BCUT2D eigenvalue weighted by molar-refractivity contribution is -0.118. The monoisotopic (exact) mass is 298 g/mol. The number of carbonyl (C=O) groups is 1. The summed E-state index contributed by atoms with van der Waals surface area (Å²) in [6.45, 7) is 4.26. The molecule has 0 saturated carbocycles. The molecule has 0 heterocycles. The molecule has 0 spiro atoms. The number of methoxy groups -OCH3 is 1. The highest BCUT2D eigenvalue weighted by atomic mass is 79.9. The minimum absolute atomic E-state index is 0.273. The van der Waals surface area contributed by atoms with Crippen molar-refractivity contribution in [1.29, 1.82) is 0 Å². The predicted molar refractivity (Wildman–Crippen MR) is 73.5 cm³/mol. The maximum Gasteiger partial charge on any atom is 0.137 e. The van der Waals surface area contributed by atoms with Crippen LogP contribution in [0, 0.1) is 5.92 Å². The Labute approximate surface area is 111 Å². The van der Waals surface area contributed by atoms with E-state index in [0.29, 0.717) is 18.8 Å². The third-order valence-electron chi connectivity index (χ3n) is 2.63. The number of ketones is 1. The zero-order valence-electron chi connectivity index (χ0n) is 10.6. The van der Waals surface area contributed by atoms with Gasteiger partial charge in [0.25, 0.3) is 0 Å². The highest BCUT2D eigenvalue weighted by molar-refractivity contribution is 9.10. The molecule has 0 aliphatic heterocycles. The molecule has 2 nitrogen and oxygen atoms in total. The molecule has 1 aromatic rings. The summed E-state index contributed by atoms with van der Waals surface area (Å²) in [7, 11) is 1.63. The van der Waals surface area contributed by atoms with E-state index >= 15 is 0 Å². The minimum Gasteiger partial charge on any atom is -0.496 e. The summed E-state index contributed by atoms with van der Waals surface area (Å²) in [6.07, 6.45) is 2.05. The quantitative estimate of drug-likeness (QED) is 0.793. The Hall–Kier alpha value is -0.830. The largest absolute Gasteiger partial charge is 0.496 e. The maximum absolute atomic E-state index is 11.8. The summed E-state index contributed by atoms with van der Waals surface area (Å²) >= 11 is 3.41. The SMILES string of the molecule is COc1ccc(Br)cc1CC(=O)CCC(C)C. The van der Waals surface area contributed by atoms with Gasteiger partial charge >= 0.3 is 0 Å². The zero-order valence-corrected chi connectivity index (χ0v) is 12.2. The Bertz CT molecular complexity index is 386. The van der Waals surface area contributed by atoms with Crippen LogP contribution in [-0.2, 0) is 11.2 Å². The molecule has 0 aliphatic carbocycles. The van der Waals surface area contributed by atoms with Gasteiger partial charge in [0.15, 0.2) is 0 Å². The molecule has 17 heavy (non-hydrogen) atoms. The van der Waals surface area contributed by atoms with Gasteiger partial charge in [-0.15, -0.1) is 0 Å². The van der Waals surface area contributed by atoms with Crippen molar-refractivity contribution in [3.8, 4) is 5.75 Å². The molecule has 3 heteroatoms. The third kappa shape index (κ3) is 4.90. The van der Waals surface area contributed by atoms with Crippen LogP contribution in [0.2, 0.25) is 0 Å². The van der Waals surface area contributed by atoms with Crippen molar-refractivity contribution in [3.05, 3.63) is 28.2 Å². The number of rotatable bonds is 6. The summed E-state index contributed by atoms with van der Waals surface area (Å²) in [5, 5.41) is 0. The van der Waals surface area contributed by atoms with E-state index in [1.807, 2.05) is 18.2 Å². The van der Waals surface area contributed by atoms with Crippen LogP contribution >= 0.6 is 15.9 Å². The molecule has 94 valence electrons. The first kappa shape index (κ1) is 14.2. The second kappa shape index (κ2) is 6.80. The maximum atomic E-state index is 11.8. The van der Waals surface area contributed by atoms with Crippen molar-refractivity contribution in [2.75, 3.05) is 7.11 Å². The summed E-state index contributed by atoms with van der Waals surface area (Å²) in [4.78, 5) is 11.8. The van der Waals surface area contributed by atoms with Gasteiger partial charge in [-0.2, -0.15) is 0 Å². The van der Waals surface area contributed by atoms with Gasteiger partial charge in [0.05, 0.1) is 7.11 Å². The first-order valence-electron chi connectivity index (χ1n) is 5.87. The molecular formula is C14H19BrO2. The van der Waals surface area contributed by atoms with E-state index in [1.54, 1.807) is 7.11 Å². The fourth-order valence-corrected chi connectivity index (χ4v) is 2.04. The molecule has 0 atom stereocenters. The van der Waals surface area contributed by atoms with Gasteiger partial charge in [0, 0.05) is 22.9 Å². The lowest BCUT2D eigenvalue weighted by atomic mass is 10.0. The number of halogens is 1. The highest BCUT2D eigenvalue weighted by Gasteiger charge is 2.10. The van der Waals surface area contributed by atoms with Crippen LogP contribution < -0.4 is 4.74 Å². The number of carbonyl (C=O) groups excluding carboxylic acids is 1. The predicted octanol–water partition coefficient (Wildman–Crippen LogP) is 4.01. The van der Waals surface area contributed by atoms with Crippen LogP contribution in [0.1, 0.15) is 32.3 Å². The fraction of sp³-hybridized carbons (Fsp3) is 0.500. The first-order valence-corrected chi connectivity index (χ1v) is 6.66. The van der Waals surface area contributed by atoms with Crippen molar-refractivity contribution >= 4 is 21.7 Å².